The van der Waals surface area contributed by atoms with E-state index in [9.17, 15) is 5.11 Å². The Kier molecular flexibility index (Phi) is 5.72. The molecule has 1 heterocycles. The summed E-state index contributed by atoms with van der Waals surface area (Å²) in [4.78, 5) is 0. The van der Waals surface area contributed by atoms with Crippen LogP contribution in [0.3, 0.4) is 0 Å². The first kappa shape index (κ1) is 18.4. The lowest BCUT2D eigenvalue weighted by atomic mass is 9.88. The minimum absolute atomic E-state index is 0.140. The van der Waals surface area contributed by atoms with Gasteiger partial charge >= 0.3 is 0 Å². The summed E-state index contributed by atoms with van der Waals surface area (Å²) >= 11 is 0. The molecule has 0 radical (unpaired) electrons. The van der Waals surface area contributed by atoms with Crippen molar-refractivity contribution in [1.29, 1.82) is 0 Å². The lowest BCUT2D eigenvalue weighted by Gasteiger charge is -2.39. The number of hydrogen-bond acceptors (Lipinski definition) is 1. The van der Waals surface area contributed by atoms with Crippen LogP contribution >= 0.6 is 7.92 Å². The Bertz CT molecular complexity index is 834. The van der Waals surface area contributed by atoms with Crippen LogP contribution in [0.5, 0.6) is 0 Å². The third-order valence-electron chi connectivity index (χ3n) is 5.88. The van der Waals surface area contributed by atoms with Gasteiger partial charge in [-0.1, -0.05) is 98.9 Å². The average molecular weight is 374 g/mol. The van der Waals surface area contributed by atoms with Crippen molar-refractivity contribution in [2.75, 3.05) is 6.61 Å². The van der Waals surface area contributed by atoms with Gasteiger partial charge < -0.3 is 5.11 Å². The van der Waals surface area contributed by atoms with Gasteiger partial charge in [-0.05, 0) is 42.1 Å². The molecule has 0 unspecified atom stereocenters. The van der Waals surface area contributed by atoms with Crippen molar-refractivity contribution in [3.8, 4) is 0 Å². The van der Waals surface area contributed by atoms with E-state index in [1.807, 2.05) is 0 Å². The van der Waals surface area contributed by atoms with Crippen LogP contribution in [-0.2, 0) is 5.16 Å². The highest BCUT2D eigenvalue weighted by Crippen LogP contribution is 2.74. The van der Waals surface area contributed by atoms with Gasteiger partial charge in [0.25, 0.3) is 0 Å². The summed E-state index contributed by atoms with van der Waals surface area (Å²) in [5.74, 6) is 0. The highest BCUT2D eigenvalue weighted by Gasteiger charge is 2.49. The molecule has 0 aromatic heterocycles. The Morgan fingerprint density at radius 3 is 2.04 bits per heavy atom. The molecule has 2 heteroatoms. The van der Waals surface area contributed by atoms with Crippen molar-refractivity contribution in [1.82, 2.24) is 0 Å². The van der Waals surface area contributed by atoms with Gasteiger partial charge in [0.2, 0.25) is 0 Å². The van der Waals surface area contributed by atoms with Crippen LogP contribution in [0, 0.1) is 0 Å². The molecule has 0 saturated carbocycles. The van der Waals surface area contributed by atoms with Gasteiger partial charge in [-0.15, -0.1) is 0 Å². The van der Waals surface area contributed by atoms with Crippen LogP contribution in [0.25, 0.3) is 0 Å². The van der Waals surface area contributed by atoms with Crippen LogP contribution in [0.15, 0.2) is 91.0 Å². The van der Waals surface area contributed by atoms with Gasteiger partial charge in [0, 0.05) is 17.4 Å². The molecular weight excluding hydrogens is 347 g/mol. The summed E-state index contributed by atoms with van der Waals surface area (Å²) < 4.78 is 0. The maximum atomic E-state index is 9.63. The second-order valence-corrected chi connectivity index (χ2v) is 10.1. The first-order valence-corrected chi connectivity index (χ1v) is 11.3. The molecule has 1 fully saturated rings. The van der Waals surface area contributed by atoms with Crippen LogP contribution in [0.1, 0.15) is 42.5 Å². The van der Waals surface area contributed by atoms with Gasteiger partial charge in [-0.3, -0.25) is 0 Å². The molecule has 0 amide bonds. The molecule has 27 heavy (non-hydrogen) atoms. The normalized spacial score (nSPS) is 24.8. The molecule has 1 N–H and O–H groups in total. The van der Waals surface area contributed by atoms with Gasteiger partial charge in [-0.25, -0.2) is 0 Å². The number of benzene rings is 3. The highest BCUT2D eigenvalue weighted by atomic mass is 31.1. The van der Waals surface area contributed by atoms with E-state index in [4.69, 9.17) is 0 Å². The van der Waals surface area contributed by atoms with Gasteiger partial charge in [0.05, 0.1) is 0 Å². The summed E-state index contributed by atoms with van der Waals surface area (Å²) in [6, 6.07) is 33.2. The number of aliphatic hydroxyl groups excluding tert-OH is 1. The summed E-state index contributed by atoms with van der Waals surface area (Å²) in [7, 11) is -0.427. The maximum Gasteiger partial charge on any atom is 0.0431 e. The molecule has 3 aromatic carbocycles. The summed E-state index contributed by atoms with van der Waals surface area (Å²) in [5, 5.41) is 11.3. The van der Waals surface area contributed by atoms with Crippen molar-refractivity contribution in [3.05, 3.63) is 102 Å². The van der Waals surface area contributed by atoms with Crippen LogP contribution in [0.2, 0.25) is 0 Å². The summed E-state index contributed by atoms with van der Waals surface area (Å²) in [5.41, 5.74) is 3.49. The van der Waals surface area contributed by atoms with Crippen LogP contribution < -0.4 is 5.30 Å². The number of rotatable bonds is 6. The Morgan fingerprint density at radius 2 is 1.41 bits per heavy atom. The molecule has 1 aliphatic rings. The van der Waals surface area contributed by atoms with E-state index in [0.717, 1.165) is 12.8 Å². The Labute approximate surface area is 163 Å². The van der Waals surface area contributed by atoms with E-state index in [1.165, 1.54) is 29.3 Å². The molecule has 1 nitrogen and oxygen atoms in total. The average Bonchev–Trinajstić information content (AvgIpc) is 3.15. The molecule has 1 aliphatic heterocycles. The molecule has 1 saturated heterocycles. The molecule has 3 atom stereocenters. The summed E-state index contributed by atoms with van der Waals surface area (Å²) in [6.45, 7) is 0.266. The second kappa shape index (κ2) is 8.38. The Balaban J connectivity index is 1.86. The van der Waals surface area contributed by atoms with E-state index >= 15 is 0 Å². The fourth-order valence-corrected chi connectivity index (χ4v) is 8.72. The van der Waals surface area contributed by atoms with Crippen LogP contribution in [-0.4, -0.2) is 11.7 Å². The SMILES string of the molecule is OCCC[C@]1(c2ccccc2)CC[C@@H](c2ccccc2)[P@@]1c1ccccc1. The quantitative estimate of drug-likeness (QED) is 0.525. The fourth-order valence-electron chi connectivity index (χ4n) is 4.72. The third kappa shape index (κ3) is 3.59. The second-order valence-electron chi connectivity index (χ2n) is 7.40. The highest BCUT2D eigenvalue weighted by molar-refractivity contribution is 7.67. The minimum atomic E-state index is -0.427. The predicted octanol–water partition coefficient (Wildman–Crippen LogP) is 6.00. The molecule has 0 aliphatic carbocycles. The topological polar surface area (TPSA) is 20.2 Å². The Hall–Kier alpha value is -1.95. The van der Waals surface area contributed by atoms with E-state index in [0.29, 0.717) is 5.66 Å². The van der Waals surface area contributed by atoms with Crippen molar-refractivity contribution in [2.24, 2.45) is 0 Å². The smallest absolute Gasteiger partial charge is 0.0431 e. The maximum absolute atomic E-state index is 9.63. The third-order valence-corrected chi connectivity index (χ3v) is 9.54. The van der Waals surface area contributed by atoms with Gasteiger partial charge in [-0.2, -0.15) is 0 Å². The van der Waals surface area contributed by atoms with Crippen LogP contribution in [0.4, 0.5) is 0 Å². The zero-order valence-corrected chi connectivity index (χ0v) is 16.6. The molecule has 0 spiro atoms. The van der Waals surface area contributed by atoms with E-state index < -0.39 is 7.92 Å². The molecule has 4 rings (SSSR count). The largest absolute Gasteiger partial charge is 0.396 e. The van der Waals surface area contributed by atoms with Crippen molar-refractivity contribution in [3.63, 3.8) is 0 Å². The lowest BCUT2D eigenvalue weighted by Crippen LogP contribution is -2.25. The van der Waals surface area contributed by atoms with E-state index in [-0.39, 0.29) is 11.8 Å². The predicted molar refractivity (Wildman–Crippen MR) is 116 cm³/mol. The first-order chi connectivity index (χ1) is 13.3. The number of hydrogen-bond donors (Lipinski definition) is 1. The van der Waals surface area contributed by atoms with Crippen molar-refractivity contribution < 1.29 is 5.11 Å². The van der Waals surface area contributed by atoms with E-state index in [1.54, 1.807) is 0 Å². The van der Waals surface area contributed by atoms with Crippen molar-refractivity contribution >= 4 is 13.2 Å². The molecule has 0 bridgehead atoms. The molecular formula is C25H27OP. The van der Waals surface area contributed by atoms with E-state index in [2.05, 4.69) is 91.0 Å². The zero-order valence-electron chi connectivity index (χ0n) is 15.7. The fraction of sp³-hybridized carbons (Fsp3) is 0.280. The standard InChI is InChI=1S/C25H27OP/c26-20-10-18-25(22-13-6-2-7-14-22)19-17-24(21-11-4-1-5-12-21)27(25)23-15-8-3-9-16-23/h1-9,11-16,24,26H,10,17-20H2/t24-,25+,27+/m0/s1. The van der Waals surface area contributed by atoms with Gasteiger partial charge in [0.15, 0.2) is 0 Å². The minimum Gasteiger partial charge on any atom is -0.396 e. The monoisotopic (exact) mass is 374 g/mol. The Morgan fingerprint density at radius 1 is 0.815 bits per heavy atom. The number of aliphatic hydroxyl groups is 1. The van der Waals surface area contributed by atoms with Crippen molar-refractivity contribution in [2.45, 2.75) is 36.5 Å². The summed E-state index contributed by atoms with van der Waals surface area (Å²) in [6.07, 6.45) is 4.32. The lowest BCUT2D eigenvalue weighted by molar-refractivity contribution is 0.275. The molecule has 3 aromatic rings. The first-order valence-electron chi connectivity index (χ1n) is 9.91. The van der Waals surface area contributed by atoms with Gasteiger partial charge in [0.1, 0.15) is 0 Å². The zero-order chi connectivity index (χ0) is 18.5. The molecule has 138 valence electrons.